The summed E-state index contributed by atoms with van der Waals surface area (Å²) in [4.78, 5) is 2.55. The van der Waals surface area contributed by atoms with Crippen molar-refractivity contribution in [2.45, 2.75) is 19.8 Å². The zero-order valence-corrected chi connectivity index (χ0v) is 9.59. The Morgan fingerprint density at radius 1 is 1.43 bits per heavy atom. The first-order valence-corrected chi connectivity index (χ1v) is 5.75. The van der Waals surface area contributed by atoms with Gasteiger partial charge in [-0.1, -0.05) is 6.92 Å². The topological polar surface area (TPSA) is 24.5 Å². The van der Waals surface area contributed by atoms with Crippen LogP contribution in [0.25, 0.3) is 0 Å². The van der Waals surface area contributed by atoms with Crippen molar-refractivity contribution in [2.24, 2.45) is 5.92 Å². The normalized spacial score (nSPS) is 23.1. The molecule has 1 atom stereocenters. The third kappa shape index (κ3) is 4.94. The minimum Gasteiger partial charge on any atom is -0.385 e. The molecule has 1 aliphatic heterocycles. The Balaban J connectivity index is 1.84. The van der Waals surface area contributed by atoms with Crippen LogP contribution < -0.4 is 5.32 Å². The number of nitrogens with one attached hydrogen (secondary N) is 1. The zero-order chi connectivity index (χ0) is 10.2. The van der Waals surface area contributed by atoms with Crippen LogP contribution in [0.3, 0.4) is 0 Å². The van der Waals surface area contributed by atoms with Gasteiger partial charge in [-0.25, -0.2) is 0 Å². The number of methoxy groups -OCH3 is 1. The van der Waals surface area contributed by atoms with Gasteiger partial charge in [0, 0.05) is 33.4 Å². The van der Waals surface area contributed by atoms with E-state index in [1.54, 1.807) is 7.11 Å². The molecule has 0 bridgehead atoms. The molecule has 1 fully saturated rings. The van der Waals surface area contributed by atoms with Gasteiger partial charge in [-0.15, -0.1) is 0 Å². The lowest BCUT2D eigenvalue weighted by molar-refractivity contribution is 0.194. The fourth-order valence-electron chi connectivity index (χ4n) is 1.93. The van der Waals surface area contributed by atoms with Crippen LogP contribution in [0.1, 0.15) is 19.8 Å². The highest BCUT2D eigenvalue weighted by Gasteiger charge is 2.17. The molecule has 0 spiro atoms. The van der Waals surface area contributed by atoms with Gasteiger partial charge in [-0.2, -0.15) is 0 Å². The molecule has 0 aromatic heterocycles. The fraction of sp³-hybridized carbons (Fsp3) is 1.00. The average molecular weight is 200 g/mol. The molecular weight excluding hydrogens is 176 g/mol. The van der Waals surface area contributed by atoms with Crippen LogP contribution in [0.5, 0.6) is 0 Å². The minimum absolute atomic E-state index is 0.869. The maximum atomic E-state index is 4.99. The van der Waals surface area contributed by atoms with Crippen molar-refractivity contribution >= 4 is 0 Å². The number of hydrogen-bond donors (Lipinski definition) is 1. The van der Waals surface area contributed by atoms with Crippen molar-refractivity contribution in [3.63, 3.8) is 0 Å². The lowest BCUT2D eigenvalue weighted by Gasteiger charge is -2.15. The van der Waals surface area contributed by atoms with Gasteiger partial charge in [0.05, 0.1) is 0 Å². The second-order valence-corrected chi connectivity index (χ2v) is 4.29. The number of hydrogen-bond acceptors (Lipinski definition) is 3. The van der Waals surface area contributed by atoms with Crippen molar-refractivity contribution in [3.05, 3.63) is 0 Å². The highest BCUT2D eigenvalue weighted by molar-refractivity contribution is 4.72. The summed E-state index contributed by atoms with van der Waals surface area (Å²) in [6.45, 7) is 9.20. The van der Waals surface area contributed by atoms with E-state index in [9.17, 15) is 0 Å². The number of ether oxygens (including phenoxy) is 1. The highest BCUT2D eigenvalue weighted by atomic mass is 16.5. The molecule has 0 aliphatic carbocycles. The molecule has 1 aliphatic rings. The van der Waals surface area contributed by atoms with Crippen LogP contribution >= 0.6 is 0 Å². The van der Waals surface area contributed by atoms with Crippen LogP contribution in [0.15, 0.2) is 0 Å². The van der Waals surface area contributed by atoms with Gasteiger partial charge in [0.1, 0.15) is 0 Å². The van der Waals surface area contributed by atoms with Crippen LogP contribution in [-0.4, -0.2) is 51.3 Å². The predicted molar refractivity (Wildman–Crippen MR) is 59.6 cm³/mol. The molecule has 0 aromatic rings. The molecular formula is C11H24N2O. The summed E-state index contributed by atoms with van der Waals surface area (Å²) in [6.07, 6.45) is 2.50. The van der Waals surface area contributed by atoms with Gasteiger partial charge in [-0.05, 0) is 31.8 Å². The van der Waals surface area contributed by atoms with Crippen LogP contribution in [0, 0.1) is 5.92 Å². The molecule has 3 nitrogen and oxygen atoms in total. The molecule has 0 radical (unpaired) electrons. The second kappa shape index (κ2) is 7.21. The SMILES string of the molecule is COCCCNCCN1CCC(C)C1. The Hall–Kier alpha value is -0.120. The van der Waals surface area contributed by atoms with E-state index in [-0.39, 0.29) is 0 Å². The summed E-state index contributed by atoms with van der Waals surface area (Å²) in [6, 6.07) is 0. The third-order valence-electron chi connectivity index (χ3n) is 2.81. The summed E-state index contributed by atoms with van der Waals surface area (Å²) >= 11 is 0. The van der Waals surface area contributed by atoms with Gasteiger partial charge in [0.2, 0.25) is 0 Å². The standard InChI is InChI=1S/C11H24N2O/c1-11-4-7-13(10-11)8-6-12-5-3-9-14-2/h11-12H,3-10H2,1-2H3. The monoisotopic (exact) mass is 200 g/mol. The first kappa shape index (κ1) is 12.0. The van der Waals surface area contributed by atoms with Gasteiger partial charge in [0.25, 0.3) is 0 Å². The lowest BCUT2D eigenvalue weighted by Crippen LogP contribution is -2.31. The van der Waals surface area contributed by atoms with E-state index in [0.29, 0.717) is 0 Å². The summed E-state index contributed by atoms with van der Waals surface area (Å²) in [7, 11) is 1.76. The smallest absolute Gasteiger partial charge is 0.0474 e. The largest absolute Gasteiger partial charge is 0.385 e. The van der Waals surface area contributed by atoms with E-state index in [2.05, 4.69) is 17.1 Å². The molecule has 1 N–H and O–H groups in total. The van der Waals surface area contributed by atoms with Crippen molar-refractivity contribution in [2.75, 3.05) is 46.4 Å². The molecule has 0 aromatic carbocycles. The molecule has 3 heteroatoms. The van der Waals surface area contributed by atoms with E-state index in [0.717, 1.165) is 32.0 Å². The summed E-state index contributed by atoms with van der Waals surface area (Å²) in [5.41, 5.74) is 0. The molecule has 1 rings (SSSR count). The van der Waals surface area contributed by atoms with Crippen molar-refractivity contribution in [1.29, 1.82) is 0 Å². The first-order chi connectivity index (χ1) is 6.83. The second-order valence-electron chi connectivity index (χ2n) is 4.29. The van der Waals surface area contributed by atoms with Crippen LogP contribution in [0.2, 0.25) is 0 Å². The Kier molecular flexibility index (Phi) is 6.15. The van der Waals surface area contributed by atoms with Crippen molar-refractivity contribution < 1.29 is 4.74 Å². The summed E-state index contributed by atoms with van der Waals surface area (Å²) < 4.78 is 4.99. The minimum atomic E-state index is 0.869. The molecule has 1 unspecified atom stereocenters. The van der Waals surface area contributed by atoms with Gasteiger partial charge >= 0.3 is 0 Å². The maximum absolute atomic E-state index is 4.99. The first-order valence-electron chi connectivity index (χ1n) is 5.75. The van der Waals surface area contributed by atoms with Crippen molar-refractivity contribution in [1.82, 2.24) is 10.2 Å². The molecule has 1 heterocycles. The summed E-state index contributed by atoms with van der Waals surface area (Å²) in [5.74, 6) is 0.906. The molecule has 14 heavy (non-hydrogen) atoms. The van der Waals surface area contributed by atoms with Gasteiger partial charge in [-0.3, -0.25) is 0 Å². The maximum Gasteiger partial charge on any atom is 0.0474 e. The Bertz CT molecular complexity index is 141. The quantitative estimate of drug-likeness (QED) is 0.619. The average Bonchev–Trinajstić information content (AvgIpc) is 2.58. The lowest BCUT2D eigenvalue weighted by atomic mass is 10.2. The highest BCUT2D eigenvalue weighted by Crippen LogP contribution is 2.13. The predicted octanol–water partition coefficient (Wildman–Crippen LogP) is 0.954. The number of rotatable bonds is 7. The van der Waals surface area contributed by atoms with Crippen molar-refractivity contribution in [3.8, 4) is 0 Å². The van der Waals surface area contributed by atoms with Crippen LogP contribution in [0.4, 0.5) is 0 Å². The van der Waals surface area contributed by atoms with E-state index >= 15 is 0 Å². The molecule has 1 saturated heterocycles. The van der Waals surface area contributed by atoms with E-state index in [4.69, 9.17) is 4.74 Å². The van der Waals surface area contributed by atoms with E-state index in [1.165, 1.54) is 26.1 Å². The van der Waals surface area contributed by atoms with Gasteiger partial charge < -0.3 is 15.0 Å². The van der Waals surface area contributed by atoms with Gasteiger partial charge in [0.15, 0.2) is 0 Å². The zero-order valence-electron chi connectivity index (χ0n) is 9.59. The molecule has 0 amide bonds. The van der Waals surface area contributed by atoms with Crippen LogP contribution in [-0.2, 0) is 4.74 Å². The third-order valence-corrected chi connectivity index (χ3v) is 2.81. The number of likely N-dealkylation sites (tertiary alicyclic amines) is 1. The molecule has 0 saturated carbocycles. The van der Waals surface area contributed by atoms with E-state index < -0.39 is 0 Å². The Morgan fingerprint density at radius 3 is 2.93 bits per heavy atom. The number of nitrogens with zero attached hydrogens (tertiary/aromatic N) is 1. The summed E-state index contributed by atoms with van der Waals surface area (Å²) in [5, 5.41) is 3.44. The molecule has 84 valence electrons. The Morgan fingerprint density at radius 2 is 2.29 bits per heavy atom. The fourth-order valence-corrected chi connectivity index (χ4v) is 1.93. The van der Waals surface area contributed by atoms with E-state index in [1.807, 2.05) is 0 Å². The Labute approximate surface area is 87.8 Å².